The van der Waals surface area contributed by atoms with E-state index in [4.69, 9.17) is 9.84 Å². The van der Waals surface area contributed by atoms with Gasteiger partial charge in [-0.3, -0.25) is 0 Å². The third kappa shape index (κ3) is 8.19. The molecule has 2 N–H and O–H groups in total. The van der Waals surface area contributed by atoms with Crippen molar-refractivity contribution < 1.29 is 19.4 Å². The zero-order valence-electron chi connectivity index (χ0n) is 12.5. The minimum absolute atomic E-state index is 0.125. The second-order valence-electron chi connectivity index (χ2n) is 4.52. The fourth-order valence-corrected chi connectivity index (χ4v) is 3.18. The smallest absolute Gasteiger partial charge is 0.408 e. The Kier molecular flexibility index (Phi) is 9.57. The Balaban J connectivity index is 2.29. The highest BCUT2D eigenvalue weighted by molar-refractivity contribution is 7.99. The zero-order chi connectivity index (χ0) is 16.2. The van der Waals surface area contributed by atoms with E-state index in [0.29, 0.717) is 5.75 Å². The second-order valence-corrected chi connectivity index (χ2v) is 6.65. The Bertz CT molecular complexity index is 456. The molecule has 22 heavy (non-hydrogen) atoms. The number of alkyl carbamates (subject to hydrolysis) is 1. The lowest BCUT2D eigenvalue weighted by atomic mass is 10.2. The Morgan fingerprint density at radius 3 is 2.64 bits per heavy atom. The molecule has 0 fully saturated rings. The average molecular weight is 343 g/mol. The van der Waals surface area contributed by atoms with Crippen LogP contribution >= 0.6 is 23.5 Å². The lowest BCUT2D eigenvalue weighted by Crippen LogP contribution is -2.42. The van der Waals surface area contributed by atoms with Crippen molar-refractivity contribution >= 4 is 35.6 Å². The highest BCUT2D eigenvalue weighted by atomic mass is 32.2. The molecule has 0 aliphatic carbocycles. The Hall–Kier alpha value is -1.34. The van der Waals surface area contributed by atoms with Gasteiger partial charge < -0.3 is 15.2 Å². The Labute approximate surface area is 139 Å². The van der Waals surface area contributed by atoms with Gasteiger partial charge in [0.05, 0.1) is 0 Å². The minimum Gasteiger partial charge on any atom is -0.480 e. The van der Waals surface area contributed by atoms with Crippen molar-refractivity contribution in [1.29, 1.82) is 0 Å². The molecule has 1 aromatic carbocycles. The van der Waals surface area contributed by atoms with Crippen LogP contribution in [0.2, 0.25) is 0 Å². The number of aliphatic carboxylic acids is 1. The topological polar surface area (TPSA) is 75.6 Å². The highest BCUT2D eigenvalue weighted by Crippen LogP contribution is 2.08. The van der Waals surface area contributed by atoms with Gasteiger partial charge in [0.2, 0.25) is 0 Å². The van der Waals surface area contributed by atoms with E-state index in [2.05, 4.69) is 5.32 Å². The van der Waals surface area contributed by atoms with Gasteiger partial charge in [0.1, 0.15) is 12.6 Å². The Morgan fingerprint density at radius 1 is 1.27 bits per heavy atom. The molecule has 0 aliphatic rings. The number of amides is 1. The number of rotatable bonds is 10. The maximum atomic E-state index is 11.7. The molecular formula is C15H21NO4S2. The number of carbonyl (C=O) groups is 2. The fourth-order valence-electron chi connectivity index (χ4n) is 1.59. The summed E-state index contributed by atoms with van der Waals surface area (Å²) in [5.41, 5.74) is 0.857. The van der Waals surface area contributed by atoms with E-state index in [0.717, 1.165) is 23.5 Å². The van der Waals surface area contributed by atoms with E-state index in [1.165, 1.54) is 11.8 Å². The monoisotopic (exact) mass is 343 g/mol. The molecule has 0 bridgehead atoms. The number of carboxylic acid groups (broad SMARTS) is 1. The van der Waals surface area contributed by atoms with Gasteiger partial charge in [0.25, 0.3) is 0 Å². The van der Waals surface area contributed by atoms with Crippen LogP contribution in [0.25, 0.3) is 0 Å². The van der Waals surface area contributed by atoms with Crippen molar-refractivity contribution in [1.82, 2.24) is 5.32 Å². The van der Waals surface area contributed by atoms with Gasteiger partial charge in [0, 0.05) is 5.75 Å². The summed E-state index contributed by atoms with van der Waals surface area (Å²) in [7, 11) is 0. The van der Waals surface area contributed by atoms with Crippen molar-refractivity contribution in [2.45, 2.75) is 19.1 Å². The normalized spacial score (nSPS) is 11.7. The molecule has 0 aromatic heterocycles. The van der Waals surface area contributed by atoms with Gasteiger partial charge in [0.15, 0.2) is 0 Å². The van der Waals surface area contributed by atoms with Gasteiger partial charge in [-0.05, 0) is 29.7 Å². The highest BCUT2D eigenvalue weighted by Gasteiger charge is 2.20. The second kappa shape index (κ2) is 11.3. The van der Waals surface area contributed by atoms with Crippen LogP contribution in [0.1, 0.15) is 12.0 Å². The molecule has 1 aromatic rings. The molecule has 7 heteroatoms. The fraction of sp³-hybridized carbons (Fsp3) is 0.467. The molecule has 0 saturated heterocycles. The molecule has 5 nitrogen and oxygen atoms in total. The summed E-state index contributed by atoms with van der Waals surface area (Å²) in [5, 5.41) is 11.5. The average Bonchev–Trinajstić information content (AvgIpc) is 2.52. The molecule has 0 aliphatic heterocycles. The summed E-state index contributed by atoms with van der Waals surface area (Å²) in [6, 6.07) is 8.32. The van der Waals surface area contributed by atoms with Crippen molar-refractivity contribution in [3.63, 3.8) is 0 Å². The summed E-state index contributed by atoms with van der Waals surface area (Å²) < 4.78 is 5.03. The first-order valence-electron chi connectivity index (χ1n) is 6.90. The molecular weight excluding hydrogens is 322 g/mol. The first kappa shape index (κ1) is 18.7. The number of thioether (sulfide) groups is 2. The molecule has 1 atom stereocenters. The van der Waals surface area contributed by atoms with Crippen LogP contribution < -0.4 is 5.32 Å². The van der Waals surface area contributed by atoms with Gasteiger partial charge in [-0.1, -0.05) is 30.3 Å². The van der Waals surface area contributed by atoms with Crippen LogP contribution in [-0.4, -0.2) is 46.7 Å². The molecule has 0 radical (unpaired) electrons. The first-order chi connectivity index (χ1) is 10.6. The molecule has 0 saturated carbocycles. The number of carboxylic acids is 1. The van der Waals surface area contributed by atoms with E-state index in [1.54, 1.807) is 11.8 Å². The largest absolute Gasteiger partial charge is 0.480 e. The number of hydrogen-bond donors (Lipinski definition) is 2. The van der Waals surface area contributed by atoms with Crippen LogP contribution in [0.15, 0.2) is 30.3 Å². The van der Waals surface area contributed by atoms with Crippen LogP contribution in [0.4, 0.5) is 4.79 Å². The number of ether oxygens (including phenoxy) is 1. The molecule has 0 heterocycles. The molecule has 0 spiro atoms. The molecule has 1 rings (SSSR count). The summed E-state index contributed by atoms with van der Waals surface area (Å²) in [4.78, 5) is 22.8. The van der Waals surface area contributed by atoms with E-state index in [-0.39, 0.29) is 6.61 Å². The molecule has 1 unspecified atom stereocenters. The van der Waals surface area contributed by atoms with Crippen molar-refractivity contribution in [2.75, 3.05) is 23.5 Å². The minimum atomic E-state index is -1.05. The van der Waals surface area contributed by atoms with E-state index in [9.17, 15) is 9.59 Å². The maximum absolute atomic E-state index is 11.7. The number of hydrogen-bond acceptors (Lipinski definition) is 5. The van der Waals surface area contributed by atoms with Crippen molar-refractivity contribution in [3.8, 4) is 0 Å². The van der Waals surface area contributed by atoms with E-state index in [1.807, 2.05) is 36.6 Å². The number of carbonyl (C=O) groups excluding carboxylic acids is 1. The summed E-state index contributed by atoms with van der Waals surface area (Å²) >= 11 is 3.28. The standard InChI is InChI=1S/C15H21NO4S2/c1-21-8-5-9-22-11-13(14(17)18)16-15(19)20-10-12-6-3-2-4-7-12/h2-4,6-7,13H,5,8-11H2,1H3,(H,16,19)(H,17,18). The molecule has 1 amide bonds. The van der Waals surface area contributed by atoms with Gasteiger partial charge in [-0.15, -0.1) is 0 Å². The zero-order valence-corrected chi connectivity index (χ0v) is 14.1. The number of benzene rings is 1. The van der Waals surface area contributed by atoms with Gasteiger partial charge >= 0.3 is 12.1 Å². The predicted octanol–water partition coefficient (Wildman–Crippen LogP) is 2.85. The summed E-state index contributed by atoms with van der Waals surface area (Å²) in [5.74, 6) is 1.22. The first-order valence-corrected chi connectivity index (χ1v) is 9.45. The number of nitrogens with one attached hydrogen (secondary N) is 1. The van der Waals surface area contributed by atoms with Crippen LogP contribution in [0.3, 0.4) is 0 Å². The maximum Gasteiger partial charge on any atom is 0.408 e. The molecule has 122 valence electrons. The lowest BCUT2D eigenvalue weighted by Gasteiger charge is -2.14. The van der Waals surface area contributed by atoms with Crippen LogP contribution in [0.5, 0.6) is 0 Å². The summed E-state index contributed by atoms with van der Waals surface area (Å²) in [6.07, 6.45) is 2.35. The van der Waals surface area contributed by atoms with E-state index >= 15 is 0 Å². The van der Waals surface area contributed by atoms with Gasteiger partial charge in [-0.2, -0.15) is 23.5 Å². The predicted molar refractivity (Wildman–Crippen MR) is 91.5 cm³/mol. The SMILES string of the molecule is CSCCCSCC(NC(=O)OCc1ccccc1)C(=O)O. The Morgan fingerprint density at radius 2 is 2.00 bits per heavy atom. The lowest BCUT2D eigenvalue weighted by molar-refractivity contribution is -0.138. The van der Waals surface area contributed by atoms with Crippen LogP contribution in [0, 0.1) is 0 Å². The van der Waals surface area contributed by atoms with Crippen molar-refractivity contribution in [3.05, 3.63) is 35.9 Å². The summed E-state index contributed by atoms with van der Waals surface area (Å²) in [6.45, 7) is 0.125. The third-order valence-corrected chi connectivity index (χ3v) is 4.57. The van der Waals surface area contributed by atoms with Crippen molar-refractivity contribution in [2.24, 2.45) is 0 Å². The third-order valence-electron chi connectivity index (χ3n) is 2.72. The quantitative estimate of drug-likeness (QED) is 0.636. The van der Waals surface area contributed by atoms with Gasteiger partial charge in [-0.25, -0.2) is 9.59 Å². The van der Waals surface area contributed by atoms with E-state index < -0.39 is 18.1 Å². The van der Waals surface area contributed by atoms with Crippen LogP contribution in [-0.2, 0) is 16.1 Å².